The summed E-state index contributed by atoms with van der Waals surface area (Å²) in [6, 6.07) is -0.794. The molecule has 9 heteroatoms. The summed E-state index contributed by atoms with van der Waals surface area (Å²) in [4.78, 5) is 35.8. The third kappa shape index (κ3) is 2.23. The first kappa shape index (κ1) is 13.0. The Kier molecular flexibility index (Phi) is 2.90. The quantitative estimate of drug-likeness (QED) is 0.600. The molecule has 1 aliphatic carbocycles. The molecule has 0 aromatic heterocycles. The zero-order valence-electron chi connectivity index (χ0n) is 9.73. The van der Waals surface area contributed by atoms with Crippen LogP contribution in [-0.4, -0.2) is 50.5 Å². The normalized spacial score (nSPS) is 22.3. The van der Waals surface area contributed by atoms with E-state index in [1.165, 1.54) is 0 Å². The second-order valence-corrected chi connectivity index (χ2v) is 6.30. The van der Waals surface area contributed by atoms with Crippen molar-refractivity contribution in [3.63, 3.8) is 0 Å². The highest BCUT2D eigenvalue weighted by atomic mass is 32.2. The molecule has 8 nitrogen and oxygen atoms in total. The van der Waals surface area contributed by atoms with Gasteiger partial charge in [-0.2, -0.15) is 0 Å². The predicted octanol–water partition coefficient (Wildman–Crippen LogP) is -1.61. The van der Waals surface area contributed by atoms with Gasteiger partial charge in [-0.15, -0.1) is 0 Å². The van der Waals surface area contributed by atoms with Crippen LogP contribution in [0.3, 0.4) is 0 Å². The topological polar surface area (TPSA) is 113 Å². The fraction of sp³-hybridized carbons (Fsp3) is 0.667. The molecule has 1 saturated carbocycles. The molecule has 2 N–H and O–H groups in total. The fourth-order valence-electron chi connectivity index (χ4n) is 1.84. The monoisotopic (exact) mass is 275 g/mol. The van der Waals surface area contributed by atoms with Gasteiger partial charge in [-0.05, 0) is 12.8 Å². The molecule has 2 aliphatic rings. The molecule has 0 aromatic carbocycles. The Balaban J connectivity index is 2.02. The van der Waals surface area contributed by atoms with Crippen molar-refractivity contribution in [1.82, 2.24) is 14.9 Å². The molecule has 0 bridgehead atoms. The average molecular weight is 275 g/mol. The highest BCUT2D eigenvalue weighted by Crippen LogP contribution is 2.48. The fourth-order valence-corrected chi connectivity index (χ4v) is 2.31. The van der Waals surface area contributed by atoms with Crippen molar-refractivity contribution in [2.45, 2.75) is 12.8 Å². The van der Waals surface area contributed by atoms with Gasteiger partial charge in [-0.25, -0.2) is 17.9 Å². The Labute approximate surface area is 104 Å². The first-order chi connectivity index (χ1) is 8.26. The molecule has 1 spiro atoms. The van der Waals surface area contributed by atoms with Crippen LogP contribution >= 0.6 is 0 Å². The van der Waals surface area contributed by atoms with Gasteiger partial charge in [0.2, 0.25) is 21.8 Å². The summed E-state index contributed by atoms with van der Waals surface area (Å²) in [7, 11) is -3.37. The Morgan fingerprint density at radius 1 is 1.33 bits per heavy atom. The lowest BCUT2D eigenvalue weighted by Gasteiger charge is -2.30. The molecule has 2 fully saturated rings. The molecule has 1 aliphatic heterocycles. The van der Waals surface area contributed by atoms with Crippen LogP contribution in [0.25, 0.3) is 0 Å². The maximum atomic E-state index is 12.0. The summed E-state index contributed by atoms with van der Waals surface area (Å²) in [5.74, 6) is -1.09. The molecule has 100 valence electrons. The van der Waals surface area contributed by atoms with Crippen LogP contribution in [0, 0.1) is 5.41 Å². The molecule has 18 heavy (non-hydrogen) atoms. The lowest BCUT2D eigenvalue weighted by Crippen LogP contribution is -2.60. The molecule has 1 saturated heterocycles. The summed E-state index contributed by atoms with van der Waals surface area (Å²) in [6.45, 7) is -0.158. The van der Waals surface area contributed by atoms with Gasteiger partial charge in [0.05, 0.1) is 6.26 Å². The van der Waals surface area contributed by atoms with Crippen LogP contribution in [0.4, 0.5) is 4.79 Å². The minimum Gasteiger partial charge on any atom is -0.277 e. The van der Waals surface area contributed by atoms with Gasteiger partial charge in [0.25, 0.3) is 0 Å². The molecule has 0 aromatic rings. The summed E-state index contributed by atoms with van der Waals surface area (Å²) < 4.78 is 23.9. The number of urea groups is 1. The summed E-state index contributed by atoms with van der Waals surface area (Å²) in [5, 5.41) is 2.11. The number of imide groups is 2. The second-order valence-electron chi connectivity index (χ2n) is 4.46. The van der Waals surface area contributed by atoms with Crippen molar-refractivity contribution in [3.8, 4) is 0 Å². The lowest BCUT2D eigenvalue weighted by atomic mass is 10.0. The van der Waals surface area contributed by atoms with Crippen molar-refractivity contribution < 1.29 is 22.8 Å². The van der Waals surface area contributed by atoms with E-state index in [9.17, 15) is 22.8 Å². The highest BCUT2D eigenvalue weighted by molar-refractivity contribution is 7.88. The SMILES string of the molecule is CS(=O)(=O)NCCN1C(=O)NC(=O)C2(CC2)C1=O. The van der Waals surface area contributed by atoms with Crippen molar-refractivity contribution in [2.75, 3.05) is 19.3 Å². The van der Waals surface area contributed by atoms with Crippen LogP contribution in [0.5, 0.6) is 0 Å². The van der Waals surface area contributed by atoms with E-state index in [0.29, 0.717) is 12.8 Å². The highest BCUT2D eigenvalue weighted by Gasteiger charge is 2.62. The Bertz CT molecular complexity index is 522. The van der Waals surface area contributed by atoms with Crippen LogP contribution in [-0.2, 0) is 19.6 Å². The van der Waals surface area contributed by atoms with Gasteiger partial charge >= 0.3 is 6.03 Å². The second kappa shape index (κ2) is 4.02. The number of nitrogens with one attached hydrogen (secondary N) is 2. The van der Waals surface area contributed by atoms with E-state index in [4.69, 9.17) is 0 Å². The molecule has 0 radical (unpaired) electrons. The first-order valence-corrected chi connectivity index (χ1v) is 7.27. The number of hydrogen-bond acceptors (Lipinski definition) is 5. The minimum atomic E-state index is -3.37. The Hall–Kier alpha value is -1.48. The van der Waals surface area contributed by atoms with Gasteiger partial charge in [-0.3, -0.25) is 19.8 Å². The number of carbonyl (C=O) groups excluding carboxylic acids is 3. The summed E-state index contributed by atoms with van der Waals surface area (Å²) in [5.41, 5.74) is -1.08. The molecular weight excluding hydrogens is 262 g/mol. The molecule has 0 atom stereocenters. The van der Waals surface area contributed by atoms with Crippen LogP contribution in [0.1, 0.15) is 12.8 Å². The molecular formula is C9H13N3O5S. The largest absolute Gasteiger partial charge is 0.330 e. The third-order valence-corrected chi connectivity index (χ3v) is 3.73. The number of carbonyl (C=O) groups is 3. The van der Waals surface area contributed by atoms with E-state index in [1.807, 2.05) is 0 Å². The van der Waals surface area contributed by atoms with E-state index in [0.717, 1.165) is 11.2 Å². The van der Waals surface area contributed by atoms with Crippen molar-refractivity contribution in [2.24, 2.45) is 5.41 Å². The summed E-state index contributed by atoms with van der Waals surface area (Å²) >= 11 is 0. The van der Waals surface area contributed by atoms with E-state index in [1.54, 1.807) is 0 Å². The lowest BCUT2D eigenvalue weighted by molar-refractivity contribution is -0.144. The first-order valence-electron chi connectivity index (χ1n) is 5.38. The van der Waals surface area contributed by atoms with Crippen LogP contribution in [0.15, 0.2) is 0 Å². The zero-order chi connectivity index (χ0) is 13.6. The Morgan fingerprint density at radius 3 is 2.44 bits per heavy atom. The van der Waals surface area contributed by atoms with Gasteiger partial charge in [-0.1, -0.05) is 0 Å². The molecule has 0 unspecified atom stereocenters. The smallest absolute Gasteiger partial charge is 0.277 e. The van der Waals surface area contributed by atoms with Crippen molar-refractivity contribution in [3.05, 3.63) is 0 Å². The van der Waals surface area contributed by atoms with E-state index in [2.05, 4.69) is 10.0 Å². The van der Waals surface area contributed by atoms with Crippen LogP contribution in [0.2, 0.25) is 0 Å². The van der Waals surface area contributed by atoms with Gasteiger partial charge in [0, 0.05) is 13.1 Å². The minimum absolute atomic E-state index is 0.0672. The maximum absolute atomic E-state index is 12.0. The van der Waals surface area contributed by atoms with E-state index in [-0.39, 0.29) is 13.1 Å². The number of barbiturate groups is 1. The molecule has 2 rings (SSSR count). The van der Waals surface area contributed by atoms with Gasteiger partial charge < -0.3 is 0 Å². The predicted molar refractivity (Wildman–Crippen MR) is 59.8 cm³/mol. The van der Waals surface area contributed by atoms with Crippen molar-refractivity contribution >= 4 is 27.9 Å². The maximum Gasteiger partial charge on any atom is 0.330 e. The average Bonchev–Trinajstić information content (AvgIpc) is 3.00. The third-order valence-electron chi connectivity index (χ3n) is 3.00. The number of hydrogen-bond donors (Lipinski definition) is 2. The van der Waals surface area contributed by atoms with E-state index < -0.39 is 33.3 Å². The number of rotatable bonds is 4. The Morgan fingerprint density at radius 2 is 1.94 bits per heavy atom. The van der Waals surface area contributed by atoms with Gasteiger partial charge in [0.1, 0.15) is 5.41 Å². The molecule has 4 amide bonds. The molecule has 1 heterocycles. The van der Waals surface area contributed by atoms with E-state index >= 15 is 0 Å². The van der Waals surface area contributed by atoms with Crippen molar-refractivity contribution in [1.29, 1.82) is 0 Å². The zero-order valence-corrected chi connectivity index (χ0v) is 10.5. The standard InChI is InChI=1S/C9H13N3O5S/c1-18(16,17)10-4-5-12-7(14)9(2-3-9)6(13)11-8(12)15/h10H,2-5H2,1H3,(H,11,13,15). The summed E-state index contributed by atoms with van der Waals surface area (Å²) in [6.07, 6.45) is 1.85. The van der Waals surface area contributed by atoms with Gasteiger partial charge in [0.15, 0.2) is 0 Å². The number of nitrogens with zero attached hydrogens (tertiary/aromatic N) is 1. The van der Waals surface area contributed by atoms with Crippen LogP contribution < -0.4 is 10.0 Å². The number of sulfonamides is 1. The number of amides is 4.